The number of benzene rings is 1. The molecule has 2 nitrogen and oxygen atoms in total. The highest BCUT2D eigenvalue weighted by Crippen LogP contribution is 2.35. The molecule has 0 saturated carbocycles. The molecule has 18 heavy (non-hydrogen) atoms. The van der Waals surface area contributed by atoms with Crippen molar-refractivity contribution in [3.8, 4) is 11.8 Å². The molecule has 0 fully saturated rings. The van der Waals surface area contributed by atoms with E-state index < -0.39 is 11.7 Å². The van der Waals surface area contributed by atoms with E-state index >= 15 is 0 Å². The first-order chi connectivity index (χ1) is 8.30. The van der Waals surface area contributed by atoms with Crippen molar-refractivity contribution in [2.75, 3.05) is 6.54 Å². The fourth-order valence-corrected chi connectivity index (χ4v) is 1.61. The average Bonchev–Trinajstić information content (AvgIpc) is 2.24. The van der Waals surface area contributed by atoms with Crippen LogP contribution in [0.15, 0.2) is 22.7 Å². The number of hydrogen-bond acceptors (Lipinski definition) is 1. The first kappa shape index (κ1) is 14.6. The zero-order valence-electron chi connectivity index (χ0n) is 9.36. The third kappa shape index (κ3) is 4.41. The van der Waals surface area contributed by atoms with Gasteiger partial charge < -0.3 is 5.32 Å². The van der Waals surface area contributed by atoms with Crippen molar-refractivity contribution in [2.24, 2.45) is 0 Å². The molecule has 0 heterocycles. The summed E-state index contributed by atoms with van der Waals surface area (Å²) in [4.78, 5) is 10.6. The third-order valence-corrected chi connectivity index (χ3v) is 2.62. The minimum atomic E-state index is -4.42. The van der Waals surface area contributed by atoms with Gasteiger partial charge in [-0.15, -0.1) is 0 Å². The van der Waals surface area contributed by atoms with Crippen LogP contribution in [0.1, 0.15) is 18.1 Å². The van der Waals surface area contributed by atoms with Gasteiger partial charge in [0.05, 0.1) is 12.1 Å². The second-order valence-electron chi connectivity index (χ2n) is 3.40. The number of halogens is 4. The Hall–Kier alpha value is -1.48. The van der Waals surface area contributed by atoms with Gasteiger partial charge in [-0.3, -0.25) is 4.79 Å². The molecule has 1 rings (SSSR count). The Balaban J connectivity index is 2.89. The number of amides is 1. The molecule has 1 aromatic rings. The summed E-state index contributed by atoms with van der Waals surface area (Å²) < 4.78 is 37.7. The van der Waals surface area contributed by atoms with Gasteiger partial charge in [0.15, 0.2) is 0 Å². The van der Waals surface area contributed by atoms with E-state index in [1.54, 1.807) is 0 Å². The number of alkyl halides is 3. The van der Waals surface area contributed by atoms with E-state index in [9.17, 15) is 18.0 Å². The minimum absolute atomic E-state index is 0.0255. The van der Waals surface area contributed by atoms with Crippen LogP contribution < -0.4 is 5.32 Å². The summed E-state index contributed by atoms with van der Waals surface area (Å²) in [6, 6.07) is 3.73. The molecule has 1 aromatic carbocycles. The Morgan fingerprint density at radius 3 is 2.67 bits per heavy atom. The fraction of sp³-hybridized carbons (Fsp3) is 0.250. The zero-order chi connectivity index (χ0) is 13.8. The molecule has 0 aromatic heterocycles. The van der Waals surface area contributed by atoms with Crippen LogP contribution in [0.2, 0.25) is 0 Å². The third-order valence-electron chi connectivity index (χ3n) is 1.93. The monoisotopic (exact) mass is 319 g/mol. The number of carbonyl (C=O) groups is 1. The van der Waals surface area contributed by atoms with Crippen LogP contribution in [0.3, 0.4) is 0 Å². The summed E-state index contributed by atoms with van der Waals surface area (Å²) in [5.41, 5.74) is -0.523. The summed E-state index contributed by atoms with van der Waals surface area (Å²) >= 11 is 2.84. The van der Waals surface area contributed by atoms with Gasteiger partial charge in [-0.25, -0.2) is 0 Å². The molecule has 0 aliphatic rings. The van der Waals surface area contributed by atoms with Crippen LogP contribution in [0.5, 0.6) is 0 Å². The van der Waals surface area contributed by atoms with Crippen molar-refractivity contribution >= 4 is 21.8 Å². The standard InChI is InChI=1S/C12H9BrF3NO/c1-8(18)17-6-2-3-9-4-5-11(13)10(7-9)12(14,15)16/h4-5,7H,6H2,1H3,(H,17,18). The van der Waals surface area contributed by atoms with Crippen LogP contribution in [0.4, 0.5) is 13.2 Å². The SMILES string of the molecule is CC(=O)NCC#Cc1ccc(Br)c(C(F)(F)F)c1. The maximum absolute atomic E-state index is 12.6. The van der Waals surface area contributed by atoms with E-state index in [0.29, 0.717) is 0 Å². The molecule has 0 bridgehead atoms. The van der Waals surface area contributed by atoms with Crippen LogP contribution >= 0.6 is 15.9 Å². The molecule has 0 unspecified atom stereocenters. The van der Waals surface area contributed by atoms with Crippen molar-refractivity contribution in [3.05, 3.63) is 33.8 Å². The molecule has 1 amide bonds. The molecule has 0 saturated heterocycles. The minimum Gasteiger partial charge on any atom is -0.345 e. The van der Waals surface area contributed by atoms with Crippen LogP contribution in [0.25, 0.3) is 0 Å². The van der Waals surface area contributed by atoms with Crippen LogP contribution in [0, 0.1) is 11.8 Å². The Kier molecular flexibility index (Phi) is 4.79. The number of rotatable bonds is 1. The average molecular weight is 320 g/mol. The molecular formula is C12H9BrF3NO. The highest BCUT2D eigenvalue weighted by Gasteiger charge is 2.32. The lowest BCUT2D eigenvalue weighted by Crippen LogP contribution is -2.19. The maximum atomic E-state index is 12.6. The number of nitrogens with one attached hydrogen (secondary N) is 1. The second kappa shape index (κ2) is 5.91. The van der Waals surface area contributed by atoms with Gasteiger partial charge in [-0.2, -0.15) is 13.2 Å². The van der Waals surface area contributed by atoms with Gasteiger partial charge in [0.25, 0.3) is 0 Å². The highest BCUT2D eigenvalue weighted by molar-refractivity contribution is 9.10. The molecule has 0 atom stereocenters. The van der Waals surface area contributed by atoms with Crippen LogP contribution in [-0.4, -0.2) is 12.5 Å². The van der Waals surface area contributed by atoms with Crippen molar-refractivity contribution in [2.45, 2.75) is 13.1 Å². The fourth-order valence-electron chi connectivity index (χ4n) is 1.14. The Morgan fingerprint density at radius 2 is 2.11 bits per heavy atom. The van der Waals surface area contributed by atoms with Crippen LogP contribution in [-0.2, 0) is 11.0 Å². The summed E-state index contributed by atoms with van der Waals surface area (Å²) in [6.45, 7) is 1.44. The first-order valence-electron chi connectivity index (χ1n) is 4.91. The summed E-state index contributed by atoms with van der Waals surface area (Å²) in [5, 5.41) is 2.43. The predicted molar refractivity (Wildman–Crippen MR) is 64.7 cm³/mol. The van der Waals surface area contributed by atoms with Gasteiger partial charge in [0.1, 0.15) is 0 Å². The quantitative estimate of drug-likeness (QED) is 0.792. The number of hydrogen-bond donors (Lipinski definition) is 1. The van der Waals surface area contributed by atoms with Crippen molar-refractivity contribution in [1.29, 1.82) is 0 Å². The summed E-state index contributed by atoms with van der Waals surface area (Å²) in [6.07, 6.45) is -4.42. The van der Waals surface area contributed by atoms with Crippen molar-refractivity contribution in [1.82, 2.24) is 5.32 Å². The molecule has 6 heteroatoms. The van der Waals surface area contributed by atoms with Gasteiger partial charge >= 0.3 is 6.18 Å². The Bertz CT molecular complexity index is 514. The molecule has 0 aliphatic heterocycles. The molecule has 96 valence electrons. The van der Waals surface area contributed by atoms with Gasteiger partial charge in [0, 0.05) is 17.0 Å². The smallest absolute Gasteiger partial charge is 0.345 e. The molecule has 1 N–H and O–H groups in total. The van der Waals surface area contributed by atoms with Gasteiger partial charge in [0.2, 0.25) is 5.91 Å². The lowest BCUT2D eigenvalue weighted by molar-refractivity contribution is -0.138. The highest BCUT2D eigenvalue weighted by atomic mass is 79.9. The summed E-state index contributed by atoms with van der Waals surface area (Å²) in [7, 11) is 0. The molecule has 0 spiro atoms. The molecule has 0 aliphatic carbocycles. The van der Waals surface area contributed by atoms with E-state index in [2.05, 4.69) is 33.1 Å². The maximum Gasteiger partial charge on any atom is 0.417 e. The van der Waals surface area contributed by atoms with Gasteiger partial charge in [-0.05, 0) is 18.2 Å². The van der Waals surface area contributed by atoms with E-state index in [0.717, 1.165) is 6.07 Å². The Morgan fingerprint density at radius 1 is 1.44 bits per heavy atom. The normalized spacial score (nSPS) is 10.5. The Labute approximate surface area is 111 Å². The van der Waals surface area contributed by atoms with E-state index in [4.69, 9.17) is 0 Å². The molecular weight excluding hydrogens is 311 g/mol. The first-order valence-corrected chi connectivity index (χ1v) is 5.70. The van der Waals surface area contributed by atoms with E-state index in [1.165, 1.54) is 19.1 Å². The predicted octanol–water partition coefficient (Wildman–Crippen LogP) is 2.96. The largest absolute Gasteiger partial charge is 0.417 e. The summed E-state index contributed by atoms with van der Waals surface area (Å²) in [5.74, 6) is 4.88. The van der Waals surface area contributed by atoms with E-state index in [-0.39, 0.29) is 22.5 Å². The van der Waals surface area contributed by atoms with Gasteiger partial charge in [-0.1, -0.05) is 27.8 Å². The lowest BCUT2D eigenvalue weighted by atomic mass is 10.1. The second-order valence-corrected chi connectivity index (χ2v) is 4.26. The lowest BCUT2D eigenvalue weighted by Gasteiger charge is -2.08. The van der Waals surface area contributed by atoms with E-state index in [1.807, 2.05) is 0 Å². The topological polar surface area (TPSA) is 29.1 Å². The van der Waals surface area contributed by atoms with Crippen molar-refractivity contribution < 1.29 is 18.0 Å². The van der Waals surface area contributed by atoms with Crippen molar-refractivity contribution in [3.63, 3.8) is 0 Å². The number of carbonyl (C=O) groups excluding carboxylic acids is 1. The molecule has 0 radical (unpaired) electrons. The zero-order valence-corrected chi connectivity index (χ0v) is 10.9.